The Morgan fingerprint density at radius 3 is 2.06 bits per heavy atom. The molecule has 0 saturated carbocycles. The Labute approximate surface area is 212 Å². The van der Waals surface area contributed by atoms with Crippen molar-refractivity contribution in [2.75, 3.05) is 16.0 Å². The molecule has 0 radical (unpaired) electrons. The lowest BCUT2D eigenvalue weighted by Gasteiger charge is -2.18. The molecule has 2 aromatic carbocycles. The van der Waals surface area contributed by atoms with E-state index in [2.05, 4.69) is 27.8 Å². The van der Waals surface area contributed by atoms with Crippen LogP contribution in [0, 0.1) is 12.8 Å². The molecule has 9 heteroatoms. The van der Waals surface area contributed by atoms with Crippen LogP contribution in [-0.4, -0.2) is 35.0 Å². The van der Waals surface area contributed by atoms with Gasteiger partial charge in [-0.15, -0.1) is 6.58 Å². The van der Waals surface area contributed by atoms with Gasteiger partial charge >= 0.3 is 12.0 Å². The largest absolute Gasteiger partial charge is 0.481 e. The van der Waals surface area contributed by atoms with Crippen LogP contribution in [-0.2, 0) is 14.4 Å². The second kappa shape index (κ2) is 15.7. The number of carboxylic acid groups (broad SMARTS) is 1. The number of carbonyl (C=O) groups is 4. The summed E-state index contributed by atoms with van der Waals surface area (Å²) in [6, 6.07) is 13.0. The molecule has 0 spiro atoms. The third-order valence-electron chi connectivity index (χ3n) is 4.98. The molecule has 2 atom stereocenters. The van der Waals surface area contributed by atoms with Crippen LogP contribution in [0.25, 0.3) is 0 Å². The number of carbonyl (C=O) groups excluding carboxylic acids is 3. The van der Waals surface area contributed by atoms with Crippen LogP contribution in [0.4, 0.5) is 21.9 Å². The number of carboxylic acids is 1. The lowest BCUT2D eigenvalue weighted by Crippen LogP contribution is -2.40. The number of para-hydroxylation sites is 1. The molecular formula is C27H36N4O5. The molecule has 0 aliphatic rings. The Morgan fingerprint density at radius 2 is 1.50 bits per heavy atom. The van der Waals surface area contributed by atoms with E-state index < -0.39 is 23.8 Å². The normalized spacial score (nSPS) is 11.6. The predicted molar refractivity (Wildman–Crippen MR) is 143 cm³/mol. The van der Waals surface area contributed by atoms with Gasteiger partial charge in [0.2, 0.25) is 11.8 Å². The topological polar surface area (TPSA) is 137 Å². The quantitative estimate of drug-likeness (QED) is 0.274. The second-order valence-electron chi connectivity index (χ2n) is 7.95. The van der Waals surface area contributed by atoms with Gasteiger partial charge in [-0.1, -0.05) is 45.0 Å². The maximum atomic E-state index is 12.3. The standard InChI is InChI=1S/C25H30N4O5.C2H6/c1-4-7-20(15-23(31)32)27-24(33)17(3)14-22(30)26-18-10-12-19(13-11-18)28-25(34)29-21-9-6-5-8-16(21)2;1-2/h4-6,8-13,17,20H,1,7,14-15H2,2-3H3,(H,26,30)(H,27,33)(H,31,32)(H2,28,29,34);1-2H3/t17?,20-;/m1./s1. The number of benzene rings is 2. The summed E-state index contributed by atoms with van der Waals surface area (Å²) in [7, 11) is 0. The SMILES string of the molecule is C=CC[C@H](CC(=O)O)NC(=O)C(C)CC(=O)Nc1ccc(NC(=O)Nc2ccccc2C)cc1.CC. The zero-order chi connectivity index (χ0) is 27.1. The third kappa shape index (κ3) is 10.9. The molecule has 4 amide bonds. The Kier molecular flexibility index (Phi) is 13.0. The van der Waals surface area contributed by atoms with Crippen LogP contribution in [0.1, 0.15) is 45.6 Å². The van der Waals surface area contributed by atoms with Gasteiger partial charge in [-0.05, 0) is 49.2 Å². The fourth-order valence-electron chi connectivity index (χ4n) is 3.17. The molecule has 0 aliphatic carbocycles. The Balaban J connectivity index is 0.00000316. The summed E-state index contributed by atoms with van der Waals surface area (Å²) in [5.74, 6) is -2.43. The Bertz CT molecular complexity index is 1040. The third-order valence-corrected chi connectivity index (χ3v) is 4.98. The maximum Gasteiger partial charge on any atom is 0.323 e. The number of rotatable bonds is 11. The lowest BCUT2D eigenvalue weighted by molar-refractivity contribution is -0.138. The molecule has 0 aromatic heterocycles. The highest BCUT2D eigenvalue weighted by Crippen LogP contribution is 2.17. The van der Waals surface area contributed by atoms with Crippen LogP contribution in [0.2, 0.25) is 0 Å². The van der Waals surface area contributed by atoms with E-state index in [0.29, 0.717) is 23.5 Å². The van der Waals surface area contributed by atoms with Crippen molar-refractivity contribution in [2.24, 2.45) is 5.92 Å². The van der Waals surface area contributed by atoms with Gasteiger partial charge in [0.15, 0.2) is 0 Å². The molecule has 0 saturated heterocycles. The number of urea groups is 1. The highest BCUT2D eigenvalue weighted by Gasteiger charge is 2.21. The van der Waals surface area contributed by atoms with Gasteiger partial charge in [-0.2, -0.15) is 0 Å². The summed E-state index contributed by atoms with van der Waals surface area (Å²) in [6.07, 6.45) is 1.56. The van der Waals surface area contributed by atoms with Gasteiger partial charge in [-0.3, -0.25) is 14.4 Å². The van der Waals surface area contributed by atoms with Crippen molar-refractivity contribution in [2.45, 2.75) is 53.0 Å². The number of aliphatic carboxylic acids is 1. The molecule has 0 aliphatic heterocycles. The van der Waals surface area contributed by atoms with Crippen LogP contribution in [0.15, 0.2) is 61.2 Å². The Hall–Kier alpha value is -4.14. The number of amides is 4. The summed E-state index contributed by atoms with van der Waals surface area (Å²) in [5.41, 5.74) is 2.71. The summed E-state index contributed by atoms with van der Waals surface area (Å²) in [4.78, 5) is 47.8. The van der Waals surface area contributed by atoms with E-state index in [9.17, 15) is 19.2 Å². The van der Waals surface area contributed by atoms with Crippen LogP contribution in [0.3, 0.4) is 0 Å². The van der Waals surface area contributed by atoms with E-state index in [1.807, 2.05) is 39.0 Å². The predicted octanol–water partition coefficient (Wildman–Crippen LogP) is 5.17. The molecule has 194 valence electrons. The zero-order valence-corrected chi connectivity index (χ0v) is 21.3. The minimum atomic E-state index is -1.02. The molecule has 2 aromatic rings. The molecule has 0 bridgehead atoms. The zero-order valence-electron chi connectivity index (χ0n) is 21.3. The second-order valence-corrected chi connectivity index (χ2v) is 7.95. The number of anilines is 3. The van der Waals surface area contributed by atoms with E-state index in [1.54, 1.807) is 37.3 Å². The van der Waals surface area contributed by atoms with Crippen LogP contribution >= 0.6 is 0 Å². The maximum absolute atomic E-state index is 12.3. The smallest absolute Gasteiger partial charge is 0.323 e. The summed E-state index contributed by atoms with van der Waals surface area (Å²) < 4.78 is 0. The van der Waals surface area contributed by atoms with E-state index >= 15 is 0 Å². The van der Waals surface area contributed by atoms with Crippen molar-refractivity contribution in [3.05, 3.63) is 66.7 Å². The summed E-state index contributed by atoms with van der Waals surface area (Å²) >= 11 is 0. The number of hydrogen-bond acceptors (Lipinski definition) is 4. The molecule has 9 nitrogen and oxygen atoms in total. The van der Waals surface area contributed by atoms with Gasteiger partial charge in [0, 0.05) is 35.4 Å². The average Bonchev–Trinajstić information content (AvgIpc) is 2.82. The van der Waals surface area contributed by atoms with E-state index in [0.717, 1.165) is 5.56 Å². The van der Waals surface area contributed by atoms with Crippen LogP contribution < -0.4 is 21.3 Å². The monoisotopic (exact) mass is 496 g/mol. The fourth-order valence-corrected chi connectivity index (χ4v) is 3.17. The molecule has 36 heavy (non-hydrogen) atoms. The van der Waals surface area contributed by atoms with E-state index in [4.69, 9.17) is 5.11 Å². The highest BCUT2D eigenvalue weighted by atomic mass is 16.4. The first-order valence-electron chi connectivity index (χ1n) is 11.8. The lowest BCUT2D eigenvalue weighted by atomic mass is 10.0. The van der Waals surface area contributed by atoms with Gasteiger partial charge in [0.1, 0.15) is 0 Å². The summed E-state index contributed by atoms with van der Waals surface area (Å²) in [5, 5.41) is 19.8. The molecule has 0 fully saturated rings. The molecule has 5 N–H and O–H groups in total. The molecule has 1 unspecified atom stereocenters. The molecular weight excluding hydrogens is 460 g/mol. The minimum Gasteiger partial charge on any atom is -0.481 e. The molecule has 0 heterocycles. The van der Waals surface area contributed by atoms with Gasteiger partial charge in [-0.25, -0.2) is 4.79 Å². The van der Waals surface area contributed by atoms with Crippen LogP contribution in [0.5, 0.6) is 0 Å². The highest BCUT2D eigenvalue weighted by molar-refractivity contribution is 6.00. The number of aryl methyl sites for hydroxylation is 1. The average molecular weight is 497 g/mol. The van der Waals surface area contributed by atoms with Gasteiger partial charge in [0.05, 0.1) is 6.42 Å². The van der Waals surface area contributed by atoms with E-state index in [1.165, 1.54) is 6.08 Å². The van der Waals surface area contributed by atoms with Crippen molar-refractivity contribution < 1.29 is 24.3 Å². The van der Waals surface area contributed by atoms with Gasteiger partial charge in [0.25, 0.3) is 0 Å². The van der Waals surface area contributed by atoms with E-state index in [-0.39, 0.29) is 24.8 Å². The first-order valence-corrected chi connectivity index (χ1v) is 11.8. The van der Waals surface area contributed by atoms with Crippen molar-refractivity contribution in [1.29, 1.82) is 0 Å². The minimum absolute atomic E-state index is 0.0709. The van der Waals surface area contributed by atoms with Gasteiger partial charge < -0.3 is 26.4 Å². The van der Waals surface area contributed by atoms with Crippen molar-refractivity contribution in [1.82, 2.24) is 5.32 Å². The first kappa shape index (κ1) is 29.9. The van der Waals surface area contributed by atoms with Crippen molar-refractivity contribution in [3.8, 4) is 0 Å². The fraction of sp³-hybridized carbons (Fsp3) is 0.333. The summed E-state index contributed by atoms with van der Waals surface area (Å²) in [6.45, 7) is 11.1. The van der Waals surface area contributed by atoms with Crippen molar-refractivity contribution >= 4 is 40.9 Å². The number of nitrogens with one attached hydrogen (secondary N) is 4. The Morgan fingerprint density at radius 1 is 0.917 bits per heavy atom. The number of hydrogen-bond donors (Lipinski definition) is 5. The first-order chi connectivity index (χ1) is 17.2. The van der Waals surface area contributed by atoms with Crippen molar-refractivity contribution in [3.63, 3.8) is 0 Å². The molecule has 2 rings (SSSR count).